The van der Waals surface area contributed by atoms with E-state index in [1.807, 2.05) is 42.5 Å². The van der Waals surface area contributed by atoms with Crippen molar-refractivity contribution in [2.75, 3.05) is 28.4 Å². The highest BCUT2D eigenvalue weighted by atomic mass is 16.5. The van der Waals surface area contributed by atoms with Gasteiger partial charge < -0.3 is 18.9 Å². The summed E-state index contributed by atoms with van der Waals surface area (Å²) in [4.78, 5) is 0. The summed E-state index contributed by atoms with van der Waals surface area (Å²) in [6, 6.07) is 13.8. The van der Waals surface area contributed by atoms with Gasteiger partial charge in [0.15, 0.2) is 0 Å². The third-order valence-corrected chi connectivity index (χ3v) is 3.61. The van der Waals surface area contributed by atoms with Gasteiger partial charge in [-0.2, -0.15) is 0 Å². The quantitative estimate of drug-likeness (QED) is 0.782. The minimum absolute atomic E-state index is 0.0719. The minimum atomic E-state index is -0.0719. The van der Waals surface area contributed by atoms with Gasteiger partial charge in [0.1, 0.15) is 17.2 Å². The van der Waals surface area contributed by atoms with Crippen LogP contribution < -0.4 is 14.2 Å². The molecule has 4 nitrogen and oxygen atoms in total. The number of hydrogen-bond acceptors (Lipinski definition) is 4. The van der Waals surface area contributed by atoms with E-state index in [1.165, 1.54) is 5.56 Å². The van der Waals surface area contributed by atoms with Crippen LogP contribution in [0.2, 0.25) is 0 Å². The van der Waals surface area contributed by atoms with Crippen LogP contribution in [-0.2, 0) is 11.2 Å². The van der Waals surface area contributed by atoms with Crippen LogP contribution in [-0.4, -0.2) is 28.4 Å². The summed E-state index contributed by atoms with van der Waals surface area (Å²) in [5.74, 6) is 2.36. The lowest BCUT2D eigenvalue weighted by atomic mass is 10.0. The number of hydrogen-bond donors (Lipinski definition) is 0. The fourth-order valence-electron chi connectivity index (χ4n) is 2.33. The van der Waals surface area contributed by atoms with Gasteiger partial charge in [0.25, 0.3) is 0 Å². The van der Waals surface area contributed by atoms with Crippen molar-refractivity contribution in [2.45, 2.75) is 12.5 Å². The molecule has 0 saturated carbocycles. The molecule has 0 aliphatic carbocycles. The summed E-state index contributed by atoms with van der Waals surface area (Å²) < 4.78 is 21.5. The standard InChI is InChI=1S/C18H22O4/c1-19-15-7-5-13(6-8-15)9-18(22-4)14-10-16(20-2)12-17(11-14)21-3/h5-8,10-12,18H,9H2,1-4H3. The van der Waals surface area contributed by atoms with E-state index in [9.17, 15) is 0 Å². The molecule has 0 aromatic heterocycles. The fourth-order valence-corrected chi connectivity index (χ4v) is 2.33. The van der Waals surface area contributed by atoms with Crippen molar-refractivity contribution in [2.24, 2.45) is 0 Å². The Morgan fingerprint density at radius 1 is 0.727 bits per heavy atom. The third kappa shape index (κ3) is 3.92. The maximum absolute atomic E-state index is 5.65. The van der Waals surface area contributed by atoms with Crippen LogP contribution in [0.3, 0.4) is 0 Å². The Balaban J connectivity index is 2.23. The van der Waals surface area contributed by atoms with Gasteiger partial charge in [-0.1, -0.05) is 12.1 Å². The molecule has 118 valence electrons. The molecule has 0 amide bonds. The molecular formula is C18H22O4. The van der Waals surface area contributed by atoms with E-state index in [4.69, 9.17) is 18.9 Å². The van der Waals surface area contributed by atoms with E-state index in [0.717, 1.165) is 29.2 Å². The molecular weight excluding hydrogens is 280 g/mol. The van der Waals surface area contributed by atoms with E-state index < -0.39 is 0 Å². The second-order valence-electron chi connectivity index (χ2n) is 4.92. The molecule has 0 radical (unpaired) electrons. The summed E-state index contributed by atoms with van der Waals surface area (Å²) in [6.07, 6.45) is 0.689. The van der Waals surface area contributed by atoms with Gasteiger partial charge >= 0.3 is 0 Å². The number of rotatable bonds is 7. The Hall–Kier alpha value is -2.20. The first kappa shape index (κ1) is 16.2. The largest absolute Gasteiger partial charge is 0.497 e. The molecule has 0 fully saturated rings. The lowest BCUT2D eigenvalue weighted by Crippen LogP contribution is -2.06. The van der Waals surface area contributed by atoms with E-state index in [0.29, 0.717) is 0 Å². The van der Waals surface area contributed by atoms with Gasteiger partial charge in [0, 0.05) is 19.6 Å². The van der Waals surface area contributed by atoms with Gasteiger partial charge in [0.05, 0.1) is 27.4 Å². The van der Waals surface area contributed by atoms with Crippen molar-refractivity contribution < 1.29 is 18.9 Å². The van der Waals surface area contributed by atoms with Crippen LogP contribution in [0.15, 0.2) is 42.5 Å². The fraction of sp³-hybridized carbons (Fsp3) is 0.333. The molecule has 1 unspecified atom stereocenters. The predicted octanol–water partition coefficient (Wildman–Crippen LogP) is 3.64. The molecule has 0 saturated heterocycles. The molecule has 0 spiro atoms. The Morgan fingerprint density at radius 3 is 1.73 bits per heavy atom. The summed E-state index contributed by atoms with van der Waals surface area (Å²) >= 11 is 0. The lowest BCUT2D eigenvalue weighted by molar-refractivity contribution is 0.103. The van der Waals surface area contributed by atoms with E-state index in [2.05, 4.69) is 0 Å². The van der Waals surface area contributed by atoms with Crippen molar-refractivity contribution in [1.29, 1.82) is 0 Å². The molecule has 22 heavy (non-hydrogen) atoms. The van der Waals surface area contributed by atoms with Crippen molar-refractivity contribution in [3.8, 4) is 17.2 Å². The molecule has 0 aliphatic heterocycles. The monoisotopic (exact) mass is 302 g/mol. The average Bonchev–Trinajstić information content (AvgIpc) is 2.59. The molecule has 0 bridgehead atoms. The molecule has 4 heteroatoms. The van der Waals surface area contributed by atoms with E-state index in [-0.39, 0.29) is 6.10 Å². The van der Waals surface area contributed by atoms with Crippen molar-refractivity contribution in [1.82, 2.24) is 0 Å². The lowest BCUT2D eigenvalue weighted by Gasteiger charge is -2.18. The van der Waals surface area contributed by atoms with Crippen LogP contribution in [0.4, 0.5) is 0 Å². The summed E-state index contributed by atoms with van der Waals surface area (Å²) in [6.45, 7) is 0. The normalized spacial score (nSPS) is 11.8. The zero-order valence-corrected chi connectivity index (χ0v) is 13.5. The first-order valence-electron chi connectivity index (χ1n) is 7.08. The Labute approximate surface area is 131 Å². The Morgan fingerprint density at radius 2 is 1.27 bits per heavy atom. The topological polar surface area (TPSA) is 36.9 Å². The SMILES string of the molecule is COc1ccc(CC(OC)c2cc(OC)cc(OC)c2)cc1. The van der Waals surface area contributed by atoms with Gasteiger partial charge in [-0.25, -0.2) is 0 Å². The second-order valence-corrected chi connectivity index (χ2v) is 4.92. The zero-order chi connectivity index (χ0) is 15.9. The first-order valence-corrected chi connectivity index (χ1v) is 7.08. The highest BCUT2D eigenvalue weighted by molar-refractivity contribution is 5.40. The van der Waals surface area contributed by atoms with Crippen LogP contribution in [0, 0.1) is 0 Å². The van der Waals surface area contributed by atoms with Gasteiger partial charge in [-0.3, -0.25) is 0 Å². The molecule has 2 rings (SSSR count). The van der Waals surface area contributed by atoms with Crippen LogP contribution >= 0.6 is 0 Å². The molecule has 0 heterocycles. The molecule has 1 atom stereocenters. The van der Waals surface area contributed by atoms with E-state index in [1.54, 1.807) is 28.4 Å². The molecule has 0 N–H and O–H groups in total. The molecule has 2 aromatic rings. The molecule has 2 aromatic carbocycles. The van der Waals surface area contributed by atoms with Crippen LogP contribution in [0.5, 0.6) is 17.2 Å². The minimum Gasteiger partial charge on any atom is -0.497 e. The highest BCUT2D eigenvalue weighted by Crippen LogP contribution is 2.30. The summed E-state index contributed by atoms with van der Waals surface area (Å²) in [5.41, 5.74) is 2.20. The van der Waals surface area contributed by atoms with E-state index >= 15 is 0 Å². The first-order chi connectivity index (χ1) is 10.7. The van der Waals surface area contributed by atoms with Gasteiger partial charge in [0.2, 0.25) is 0 Å². The third-order valence-electron chi connectivity index (χ3n) is 3.61. The number of benzene rings is 2. The number of ether oxygens (including phenoxy) is 4. The maximum Gasteiger partial charge on any atom is 0.122 e. The zero-order valence-electron chi connectivity index (χ0n) is 13.5. The van der Waals surface area contributed by atoms with Crippen molar-refractivity contribution >= 4 is 0 Å². The summed E-state index contributed by atoms with van der Waals surface area (Å²) in [5, 5.41) is 0. The van der Waals surface area contributed by atoms with Crippen molar-refractivity contribution in [3.05, 3.63) is 53.6 Å². The van der Waals surface area contributed by atoms with Crippen LogP contribution in [0.25, 0.3) is 0 Å². The second kappa shape index (κ2) is 7.71. The number of methoxy groups -OCH3 is 4. The highest BCUT2D eigenvalue weighted by Gasteiger charge is 2.14. The summed E-state index contributed by atoms with van der Waals surface area (Å²) in [7, 11) is 6.66. The van der Waals surface area contributed by atoms with Crippen molar-refractivity contribution in [3.63, 3.8) is 0 Å². The Kier molecular flexibility index (Phi) is 5.67. The molecule has 0 aliphatic rings. The predicted molar refractivity (Wildman–Crippen MR) is 86.0 cm³/mol. The van der Waals surface area contributed by atoms with Gasteiger partial charge in [-0.05, 0) is 35.4 Å². The van der Waals surface area contributed by atoms with Gasteiger partial charge in [-0.15, -0.1) is 0 Å². The Bertz CT molecular complexity index is 570. The average molecular weight is 302 g/mol. The van der Waals surface area contributed by atoms with Crippen LogP contribution in [0.1, 0.15) is 17.2 Å². The smallest absolute Gasteiger partial charge is 0.122 e. The maximum atomic E-state index is 5.65.